The van der Waals surface area contributed by atoms with E-state index in [9.17, 15) is 22.8 Å². The number of ether oxygens (including phenoxy) is 1. The molecule has 144 valence electrons. The van der Waals surface area contributed by atoms with Crippen molar-refractivity contribution in [1.82, 2.24) is 0 Å². The summed E-state index contributed by atoms with van der Waals surface area (Å²) in [6.45, 7) is -0.0918. The molecule has 0 radical (unpaired) electrons. The van der Waals surface area contributed by atoms with Crippen LogP contribution in [-0.2, 0) is 20.5 Å². The van der Waals surface area contributed by atoms with Crippen molar-refractivity contribution < 1.29 is 27.5 Å². The molecule has 28 heavy (non-hydrogen) atoms. The SMILES string of the molecule is O=C1OCC2=C1C(c1cccc(Br)c1)CC(=O)N2c1ccc(C(F)(F)F)cc1. The maximum atomic E-state index is 12.9. The Hall–Kier alpha value is -2.61. The van der Waals surface area contributed by atoms with Crippen LogP contribution in [0.15, 0.2) is 64.3 Å². The summed E-state index contributed by atoms with van der Waals surface area (Å²) in [5.74, 6) is -1.27. The van der Waals surface area contributed by atoms with Gasteiger partial charge in [0.15, 0.2) is 0 Å². The third-order valence-electron chi connectivity index (χ3n) is 4.82. The molecule has 0 aromatic heterocycles. The first-order valence-corrected chi connectivity index (χ1v) is 9.21. The minimum atomic E-state index is -4.47. The van der Waals surface area contributed by atoms with E-state index >= 15 is 0 Å². The van der Waals surface area contributed by atoms with E-state index in [0.29, 0.717) is 11.3 Å². The lowest BCUT2D eigenvalue weighted by Crippen LogP contribution is -2.37. The van der Waals surface area contributed by atoms with Gasteiger partial charge in [0.25, 0.3) is 0 Å². The maximum absolute atomic E-state index is 12.9. The molecule has 0 aliphatic carbocycles. The second kappa shape index (κ2) is 6.77. The zero-order valence-corrected chi connectivity index (χ0v) is 15.9. The molecule has 0 spiro atoms. The first-order valence-electron chi connectivity index (χ1n) is 8.41. The molecule has 4 rings (SSSR count). The van der Waals surface area contributed by atoms with Crippen LogP contribution in [0, 0.1) is 0 Å². The lowest BCUT2D eigenvalue weighted by atomic mass is 9.84. The third-order valence-corrected chi connectivity index (χ3v) is 5.31. The van der Waals surface area contributed by atoms with E-state index in [2.05, 4.69) is 15.9 Å². The summed E-state index contributed by atoms with van der Waals surface area (Å²) in [5.41, 5.74) is 1.02. The number of hydrogen-bond acceptors (Lipinski definition) is 3. The molecular formula is C20H13BrF3NO3. The van der Waals surface area contributed by atoms with Crippen molar-refractivity contribution in [2.75, 3.05) is 11.5 Å². The first-order chi connectivity index (χ1) is 13.3. The van der Waals surface area contributed by atoms with Gasteiger partial charge < -0.3 is 4.74 Å². The summed E-state index contributed by atoms with van der Waals surface area (Å²) >= 11 is 3.38. The molecule has 2 aromatic carbocycles. The van der Waals surface area contributed by atoms with Crippen molar-refractivity contribution >= 4 is 33.5 Å². The molecule has 1 amide bonds. The zero-order chi connectivity index (χ0) is 20.1. The van der Waals surface area contributed by atoms with Crippen LogP contribution in [-0.4, -0.2) is 18.5 Å². The van der Waals surface area contributed by atoms with Gasteiger partial charge in [-0.2, -0.15) is 13.2 Å². The highest BCUT2D eigenvalue weighted by atomic mass is 79.9. The van der Waals surface area contributed by atoms with E-state index in [4.69, 9.17) is 4.74 Å². The Morgan fingerprint density at radius 2 is 1.79 bits per heavy atom. The van der Waals surface area contributed by atoms with E-state index in [1.165, 1.54) is 17.0 Å². The number of anilines is 1. The number of carbonyl (C=O) groups is 2. The van der Waals surface area contributed by atoms with Gasteiger partial charge in [-0.15, -0.1) is 0 Å². The molecular weight excluding hydrogens is 439 g/mol. The van der Waals surface area contributed by atoms with Gasteiger partial charge in [-0.25, -0.2) is 4.79 Å². The molecule has 0 fully saturated rings. The van der Waals surface area contributed by atoms with Crippen molar-refractivity contribution in [3.05, 3.63) is 75.4 Å². The number of nitrogens with zero attached hydrogens (tertiary/aromatic N) is 1. The van der Waals surface area contributed by atoms with Crippen LogP contribution in [0.2, 0.25) is 0 Å². The lowest BCUT2D eigenvalue weighted by molar-refractivity contribution is -0.138. The molecule has 8 heteroatoms. The number of alkyl halides is 3. The molecule has 2 aliphatic rings. The summed E-state index contributed by atoms with van der Waals surface area (Å²) in [7, 11) is 0. The van der Waals surface area contributed by atoms with E-state index in [1.807, 2.05) is 24.3 Å². The molecule has 0 saturated heterocycles. The van der Waals surface area contributed by atoms with E-state index < -0.39 is 23.6 Å². The Kier molecular flexibility index (Phi) is 4.53. The summed E-state index contributed by atoms with van der Waals surface area (Å²) in [4.78, 5) is 26.5. The van der Waals surface area contributed by atoms with Gasteiger partial charge >= 0.3 is 12.1 Å². The van der Waals surface area contributed by atoms with Gasteiger partial charge in [0, 0.05) is 22.5 Å². The number of hydrogen-bond donors (Lipinski definition) is 0. The van der Waals surface area contributed by atoms with Gasteiger partial charge in [0.05, 0.1) is 16.8 Å². The number of carbonyl (C=O) groups excluding carboxylic acids is 2. The second-order valence-electron chi connectivity index (χ2n) is 6.52. The summed E-state index contributed by atoms with van der Waals surface area (Å²) in [6.07, 6.45) is -4.45. The van der Waals surface area contributed by atoms with Crippen molar-refractivity contribution in [3.8, 4) is 0 Å². The van der Waals surface area contributed by atoms with Gasteiger partial charge in [0.2, 0.25) is 5.91 Å². The average molecular weight is 452 g/mol. The highest BCUT2D eigenvalue weighted by Crippen LogP contribution is 2.42. The number of halogens is 4. The van der Waals surface area contributed by atoms with Crippen LogP contribution in [0.1, 0.15) is 23.5 Å². The zero-order valence-electron chi connectivity index (χ0n) is 14.3. The Morgan fingerprint density at radius 1 is 1.07 bits per heavy atom. The van der Waals surface area contributed by atoms with Crippen molar-refractivity contribution in [3.63, 3.8) is 0 Å². The predicted molar refractivity (Wildman–Crippen MR) is 98.4 cm³/mol. The Morgan fingerprint density at radius 3 is 2.43 bits per heavy atom. The topological polar surface area (TPSA) is 46.6 Å². The second-order valence-corrected chi connectivity index (χ2v) is 7.44. The van der Waals surface area contributed by atoms with E-state index in [0.717, 1.165) is 22.2 Å². The normalized spacial score (nSPS) is 19.7. The van der Waals surface area contributed by atoms with Gasteiger partial charge in [-0.05, 0) is 42.0 Å². The average Bonchev–Trinajstić information content (AvgIpc) is 3.02. The summed E-state index contributed by atoms with van der Waals surface area (Å²) in [6, 6.07) is 11.6. The van der Waals surface area contributed by atoms with Crippen LogP contribution >= 0.6 is 15.9 Å². The maximum Gasteiger partial charge on any atom is 0.416 e. The highest BCUT2D eigenvalue weighted by Gasteiger charge is 2.43. The molecule has 0 N–H and O–H groups in total. The molecule has 1 atom stereocenters. The molecule has 2 heterocycles. The van der Waals surface area contributed by atoms with Crippen molar-refractivity contribution in [2.45, 2.75) is 18.5 Å². The van der Waals surface area contributed by atoms with Crippen LogP contribution in [0.3, 0.4) is 0 Å². The standard InChI is InChI=1S/C20H13BrF3NO3/c21-13-3-1-2-11(8-13)15-9-17(26)25(16-10-28-19(27)18(15)16)14-6-4-12(5-7-14)20(22,23)24/h1-8,15H,9-10H2. The molecule has 4 nitrogen and oxygen atoms in total. The number of benzene rings is 2. The Bertz CT molecular complexity index is 999. The minimum absolute atomic E-state index is 0.0193. The number of cyclic esters (lactones) is 1. The predicted octanol–water partition coefficient (Wildman–Crippen LogP) is 4.80. The fourth-order valence-corrected chi connectivity index (χ4v) is 3.98. The van der Waals surface area contributed by atoms with Crippen LogP contribution < -0.4 is 4.90 Å². The monoisotopic (exact) mass is 451 g/mol. The Labute approximate surface area is 166 Å². The highest BCUT2D eigenvalue weighted by molar-refractivity contribution is 9.10. The fraction of sp³-hybridized carbons (Fsp3) is 0.200. The molecule has 0 bridgehead atoms. The quantitative estimate of drug-likeness (QED) is 0.616. The minimum Gasteiger partial charge on any atom is -0.456 e. The van der Waals surface area contributed by atoms with Crippen molar-refractivity contribution in [2.24, 2.45) is 0 Å². The van der Waals surface area contributed by atoms with Gasteiger partial charge in [0.1, 0.15) is 6.61 Å². The number of esters is 1. The van der Waals surface area contributed by atoms with Crippen molar-refractivity contribution in [1.29, 1.82) is 0 Å². The molecule has 2 aliphatic heterocycles. The fourth-order valence-electron chi connectivity index (χ4n) is 3.56. The Balaban J connectivity index is 1.77. The third kappa shape index (κ3) is 3.22. The van der Waals surface area contributed by atoms with E-state index in [-0.39, 0.29) is 24.6 Å². The van der Waals surface area contributed by atoms with Crippen LogP contribution in [0.4, 0.5) is 18.9 Å². The van der Waals surface area contributed by atoms with Crippen LogP contribution in [0.25, 0.3) is 0 Å². The number of rotatable bonds is 2. The lowest BCUT2D eigenvalue weighted by Gasteiger charge is -2.32. The van der Waals surface area contributed by atoms with Crippen LogP contribution in [0.5, 0.6) is 0 Å². The van der Waals surface area contributed by atoms with E-state index in [1.54, 1.807) is 0 Å². The number of amides is 1. The van der Waals surface area contributed by atoms with Gasteiger partial charge in [-0.1, -0.05) is 28.1 Å². The first kappa shape index (κ1) is 18.7. The smallest absolute Gasteiger partial charge is 0.416 e. The summed E-state index contributed by atoms with van der Waals surface area (Å²) in [5, 5.41) is 0. The molecule has 0 saturated carbocycles. The molecule has 1 unspecified atom stereocenters. The van der Waals surface area contributed by atoms with Gasteiger partial charge in [-0.3, -0.25) is 9.69 Å². The largest absolute Gasteiger partial charge is 0.456 e. The molecule has 2 aromatic rings. The summed E-state index contributed by atoms with van der Waals surface area (Å²) < 4.78 is 44.4.